The van der Waals surface area contributed by atoms with E-state index in [-0.39, 0.29) is 24.7 Å². The summed E-state index contributed by atoms with van der Waals surface area (Å²) in [5, 5.41) is 2.44. The van der Waals surface area contributed by atoms with Crippen LogP contribution < -0.4 is 10.1 Å². The Morgan fingerprint density at radius 2 is 1.84 bits per heavy atom. The quantitative estimate of drug-likeness (QED) is 0.758. The summed E-state index contributed by atoms with van der Waals surface area (Å²) in [4.78, 5) is 35.0. The van der Waals surface area contributed by atoms with Crippen molar-refractivity contribution in [2.45, 2.75) is 6.61 Å². The normalized spacial score (nSPS) is 10.0. The second kappa shape index (κ2) is 8.53. The molecule has 2 aromatic rings. The van der Waals surface area contributed by atoms with E-state index in [4.69, 9.17) is 13.9 Å². The summed E-state index contributed by atoms with van der Waals surface area (Å²) in [7, 11) is 2.68. The zero-order valence-electron chi connectivity index (χ0n) is 13.7. The number of carbonyl (C=O) groups excluding carboxylic acids is 3. The number of hydrogen-bond donors (Lipinski definition) is 1. The Balaban J connectivity index is 1.81. The van der Waals surface area contributed by atoms with Crippen molar-refractivity contribution in [2.75, 3.05) is 20.8 Å². The first-order valence-corrected chi connectivity index (χ1v) is 7.29. The highest BCUT2D eigenvalue weighted by Crippen LogP contribution is 2.16. The van der Waals surface area contributed by atoms with E-state index in [9.17, 15) is 14.4 Å². The SMILES string of the molecule is COC(=O)c1ccc(COC(=O)CNC(=O)c2ccccc2OC)o1. The van der Waals surface area contributed by atoms with Crippen molar-refractivity contribution < 1.29 is 33.0 Å². The van der Waals surface area contributed by atoms with Gasteiger partial charge in [0, 0.05) is 0 Å². The number of nitrogens with one attached hydrogen (secondary N) is 1. The van der Waals surface area contributed by atoms with E-state index in [1.165, 1.54) is 26.4 Å². The summed E-state index contributed by atoms with van der Waals surface area (Å²) in [6.45, 7) is -0.484. The summed E-state index contributed by atoms with van der Waals surface area (Å²) in [6, 6.07) is 9.55. The number of hydrogen-bond acceptors (Lipinski definition) is 7. The van der Waals surface area contributed by atoms with Gasteiger partial charge in [0.1, 0.15) is 24.7 Å². The second-order valence-corrected chi connectivity index (χ2v) is 4.80. The minimum absolute atomic E-state index is 0.0121. The molecule has 0 fully saturated rings. The molecule has 1 aromatic carbocycles. The molecule has 0 aliphatic heterocycles. The van der Waals surface area contributed by atoms with E-state index in [1.54, 1.807) is 24.3 Å². The first kappa shape index (κ1) is 18.1. The fourth-order valence-electron chi connectivity index (χ4n) is 1.95. The molecule has 8 nitrogen and oxygen atoms in total. The van der Waals surface area contributed by atoms with Gasteiger partial charge in [0.15, 0.2) is 0 Å². The lowest BCUT2D eigenvalue weighted by Crippen LogP contribution is -2.30. The van der Waals surface area contributed by atoms with Crippen LogP contribution in [0.25, 0.3) is 0 Å². The Hall–Kier alpha value is -3.29. The first-order valence-electron chi connectivity index (χ1n) is 7.29. The highest BCUT2D eigenvalue weighted by Gasteiger charge is 2.15. The first-order chi connectivity index (χ1) is 12.0. The third-order valence-electron chi connectivity index (χ3n) is 3.17. The summed E-state index contributed by atoms with van der Waals surface area (Å²) >= 11 is 0. The number of methoxy groups -OCH3 is 2. The van der Waals surface area contributed by atoms with Gasteiger partial charge in [-0.05, 0) is 24.3 Å². The van der Waals surface area contributed by atoms with Crippen molar-refractivity contribution in [3.63, 3.8) is 0 Å². The van der Waals surface area contributed by atoms with E-state index < -0.39 is 17.8 Å². The average Bonchev–Trinajstić information content (AvgIpc) is 3.12. The highest BCUT2D eigenvalue weighted by molar-refractivity contribution is 5.98. The molecule has 0 saturated carbocycles. The van der Waals surface area contributed by atoms with Gasteiger partial charge < -0.3 is 23.9 Å². The van der Waals surface area contributed by atoms with Gasteiger partial charge in [0.05, 0.1) is 19.8 Å². The molecule has 0 spiro atoms. The van der Waals surface area contributed by atoms with Crippen molar-refractivity contribution in [2.24, 2.45) is 0 Å². The van der Waals surface area contributed by atoms with Crippen LogP contribution in [0.5, 0.6) is 5.75 Å². The molecule has 0 atom stereocenters. The second-order valence-electron chi connectivity index (χ2n) is 4.80. The Bertz CT molecular complexity index is 766. The molecule has 132 valence electrons. The standard InChI is InChI=1S/C17H17NO7/c1-22-13-6-4-3-5-12(13)16(20)18-9-15(19)24-10-11-7-8-14(25-11)17(21)23-2/h3-8H,9-10H2,1-2H3,(H,18,20). The molecule has 0 radical (unpaired) electrons. The lowest BCUT2D eigenvalue weighted by molar-refractivity contribution is -0.144. The predicted molar refractivity (Wildman–Crippen MR) is 85.2 cm³/mol. The fraction of sp³-hybridized carbons (Fsp3) is 0.235. The van der Waals surface area contributed by atoms with E-state index in [0.717, 1.165) is 0 Å². The molecular formula is C17H17NO7. The zero-order valence-corrected chi connectivity index (χ0v) is 13.7. The Morgan fingerprint density at radius 3 is 2.56 bits per heavy atom. The van der Waals surface area contributed by atoms with Crippen molar-refractivity contribution >= 4 is 17.8 Å². The van der Waals surface area contributed by atoms with E-state index in [2.05, 4.69) is 10.1 Å². The number of furan rings is 1. The summed E-state index contributed by atoms with van der Waals surface area (Å²) < 4.78 is 19.7. The number of para-hydroxylation sites is 1. The van der Waals surface area contributed by atoms with Crippen LogP contribution in [0.4, 0.5) is 0 Å². The van der Waals surface area contributed by atoms with Crippen LogP contribution in [-0.4, -0.2) is 38.6 Å². The van der Waals surface area contributed by atoms with E-state index in [1.807, 2.05) is 0 Å². The van der Waals surface area contributed by atoms with Gasteiger partial charge in [-0.3, -0.25) is 9.59 Å². The molecular weight excluding hydrogens is 330 g/mol. The topological polar surface area (TPSA) is 104 Å². The maximum Gasteiger partial charge on any atom is 0.373 e. The lowest BCUT2D eigenvalue weighted by atomic mass is 10.2. The van der Waals surface area contributed by atoms with Crippen LogP contribution >= 0.6 is 0 Å². The van der Waals surface area contributed by atoms with Crippen LogP contribution in [-0.2, 0) is 20.9 Å². The van der Waals surface area contributed by atoms with Gasteiger partial charge in [0.25, 0.3) is 5.91 Å². The van der Waals surface area contributed by atoms with Crippen molar-refractivity contribution in [1.82, 2.24) is 5.32 Å². The molecule has 25 heavy (non-hydrogen) atoms. The van der Waals surface area contributed by atoms with Gasteiger partial charge >= 0.3 is 11.9 Å². The minimum Gasteiger partial charge on any atom is -0.496 e. The third kappa shape index (κ3) is 4.84. The van der Waals surface area contributed by atoms with Gasteiger partial charge in [0.2, 0.25) is 5.76 Å². The van der Waals surface area contributed by atoms with E-state index >= 15 is 0 Å². The number of benzene rings is 1. The maximum atomic E-state index is 12.0. The van der Waals surface area contributed by atoms with Gasteiger partial charge in [-0.1, -0.05) is 12.1 Å². The van der Waals surface area contributed by atoms with Crippen molar-refractivity contribution in [3.8, 4) is 5.75 Å². The van der Waals surface area contributed by atoms with Crippen molar-refractivity contribution in [1.29, 1.82) is 0 Å². The minimum atomic E-state index is -0.653. The number of amides is 1. The number of carbonyl (C=O) groups is 3. The molecule has 8 heteroatoms. The lowest BCUT2D eigenvalue weighted by Gasteiger charge is -2.08. The maximum absolute atomic E-state index is 12.0. The number of ether oxygens (including phenoxy) is 3. The molecule has 1 aromatic heterocycles. The number of rotatable bonds is 7. The van der Waals surface area contributed by atoms with Crippen LogP contribution in [0, 0.1) is 0 Å². The summed E-state index contributed by atoms with van der Waals surface area (Å²) in [5.74, 6) is -1.04. The van der Waals surface area contributed by atoms with E-state index in [0.29, 0.717) is 11.3 Å². The van der Waals surface area contributed by atoms with Crippen LogP contribution in [0.3, 0.4) is 0 Å². The average molecular weight is 347 g/mol. The third-order valence-corrected chi connectivity index (χ3v) is 3.17. The Labute approximate surface area is 143 Å². The molecule has 1 N–H and O–H groups in total. The molecule has 0 aliphatic carbocycles. The largest absolute Gasteiger partial charge is 0.496 e. The van der Waals surface area contributed by atoms with Crippen molar-refractivity contribution in [3.05, 3.63) is 53.5 Å². The number of esters is 2. The predicted octanol–water partition coefficient (Wildman–Crippen LogP) is 1.55. The van der Waals surface area contributed by atoms with Crippen LogP contribution in [0.2, 0.25) is 0 Å². The molecule has 0 aliphatic rings. The summed E-state index contributed by atoms with van der Waals surface area (Å²) in [6.07, 6.45) is 0. The molecule has 0 saturated heterocycles. The smallest absolute Gasteiger partial charge is 0.373 e. The van der Waals surface area contributed by atoms with Crippen LogP contribution in [0.1, 0.15) is 26.7 Å². The van der Waals surface area contributed by atoms with Gasteiger partial charge in [-0.25, -0.2) is 4.79 Å². The summed E-state index contributed by atoms with van der Waals surface area (Å²) in [5.41, 5.74) is 0.312. The monoisotopic (exact) mass is 347 g/mol. The zero-order chi connectivity index (χ0) is 18.2. The molecule has 0 bridgehead atoms. The Kier molecular flexibility index (Phi) is 6.16. The highest BCUT2D eigenvalue weighted by atomic mass is 16.6. The fourth-order valence-corrected chi connectivity index (χ4v) is 1.95. The van der Waals surface area contributed by atoms with Gasteiger partial charge in [-0.15, -0.1) is 0 Å². The molecule has 1 heterocycles. The molecule has 1 amide bonds. The molecule has 2 rings (SSSR count). The van der Waals surface area contributed by atoms with Crippen LogP contribution in [0.15, 0.2) is 40.8 Å². The van der Waals surface area contributed by atoms with Gasteiger partial charge in [-0.2, -0.15) is 0 Å². The Morgan fingerprint density at radius 1 is 1.08 bits per heavy atom. The molecule has 0 unspecified atom stereocenters.